The highest BCUT2D eigenvalue weighted by molar-refractivity contribution is 7.90. The number of amides is 1. The molecule has 8 nitrogen and oxygen atoms in total. The first-order valence-electron chi connectivity index (χ1n) is 9.52. The van der Waals surface area contributed by atoms with E-state index < -0.39 is 9.84 Å². The van der Waals surface area contributed by atoms with Crippen LogP contribution >= 0.6 is 11.6 Å². The van der Waals surface area contributed by atoms with E-state index in [9.17, 15) is 13.2 Å². The molecule has 0 spiro atoms. The zero-order valence-corrected chi connectivity index (χ0v) is 18.3. The van der Waals surface area contributed by atoms with E-state index in [1.807, 2.05) is 12.1 Å². The molecule has 162 valence electrons. The molecular weight excluding hydrogens is 428 g/mol. The Bertz CT molecular complexity index is 990. The van der Waals surface area contributed by atoms with E-state index in [4.69, 9.17) is 22.1 Å². The summed E-state index contributed by atoms with van der Waals surface area (Å²) in [4.78, 5) is 20.1. The Hall–Kier alpha value is -2.20. The summed E-state index contributed by atoms with van der Waals surface area (Å²) in [6.45, 7) is 3.65. The van der Waals surface area contributed by atoms with E-state index in [0.29, 0.717) is 36.1 Å². The van der Waals surface area contributed by atoms with E-state index in [2.05, 4.69) is 9.88 Å². The van der Waals surface area contributed by atoms with Gasteiger partial charge in [-0.05, 0) is 30.3 Å². The van der Waals surface area contributed by atoms with Gasteiger partial charge in [-0.3, -0.25) is 14.7 Å². The largest absolute Gasteiger partial charge is 0.487 e. The van der Waals surface area contributed by atoms with Crippen molar-refractivity contribution in [2.45, 2.75) is 18.0 Å². The molecule has 1 aromatic carbocycles. The van der Waals surface area contributed by atoms with Gasteiger partial charge in [0.05, 0.1) is 17.1 Å². The van der Waals surface area contributed by atoms with Gasteiger partial charge in [-0.25, -0.2) is 8.42 Å². The maximum absolute atomic E-state index is 11.7. The van der Waals surface area contributed by atoms with Crippen LogP contribution < -0.4 is 10.5 Å². The van der Waals surface area contributed by atoms with E-state index in [1.54, 1.807) is 17.0 Å². The number of ether oxygens (including phenoxy) is 1. The van der Waals surface area contributed by atoms with Gasteiger partial charge in [-0.2, -0.15) is 0 Å². The molecule has 2 aromatic rings. The van der Waals surface area contributed by atoms with Crippen molar-refractivity contribution in [3.8, 4) is 5.75 Å². The molecule has 1 aliphatic heterocycles. The van der Waals surface area contributed by atoms with Gasteiger partial charge in [0.1, 0.15) is 12.4 Å². The highest BCUT2D eigenvalue weighted by atomic mass is 35.5. The molecule has 1 saturated heterocycles. The molecule has 0 unspecified atom stereocenters. The lowest BCUT2D eigenvalue weighted by Crippen LogP contribution is -2.49. The first kappa shape index (κ1) is 22.5. The van der Waals surface area contributed by atoms with Gasteiger partial charge in [0.25, 0.3) is 0 Å². The topological polar surface area (TPSA) is 106 Å². The fourth-order valence-corrected chi connectivity index (χ4v) is 3.96. The molecule has 2 heterocycles. The first-order chi connectivity index (χ1) is 14.3. The lowest BCUT2D eigenvalue weighted by molar-refractivity contribution is -0.131. The fourth-order valence-electron chi connectivity index (χ4n) is 3.21. The Morgan fingerprint density at radius 1 is 1.20 bits per heavy atom. The number of benzene rings is 1. The Kier molecular flexibility index (Phi) is 7.30. The monoisotopic (exact) mass is 452 g/mol. The van der Waals surface area contributed by atoms with Gasteiger partial charge < -0.3 is 15.4 Å². The third-order valence-corrected chi connectivity index (χ3v) is 6.25. The quantitative estimate of drug-likeness (QED) is 0.675. The second kappa shape index (κ2) is 9.74. The SMILES string of the molecule is CS(=O)(=O)c1ccc(COc2ccc(Cl)cc2CN2CCN(C(=O)CN)CC2)nc1. The van der Waals surface area contributed by atoms with Gasteiger partial charge >= 0.3 is 0 Å². The first-order valence-corrected chi connectivity index (χ1v) is 11.8. The normalized spacial score (nSPS) is 15.2. The third kappa shape index (κ3) is 5.91. The highest BCUT2D eigenvalue weighted by Gasteiger charge is 2.21. The van der Waals surface area contributed by atoms with E-state index >= 15 is 0 Å². The molecule has 3 rings (SSSR count). The predicted octanol–water partition coefficient (Wildman–Crippen LogP) is 1.32. The number of aromatic nitrogens is 1. The molecule has 0 atom stereocenters. The molecule has 0 aliphatic carbocycles. The summed E-state index contributed by atoms with van der Waals surface area (Å²) < 4.78 is 29.0. The zero-order valence-electron chi connectivity index (χ0n) is 16.8. The van der Waals surface area contributed by atoms with E-state index in [1.165, 1.54) is 12.3 Å². The Morgan fingerprint density at radius 2 is 1.93 bits per heavy atom. The van der Waals surface area contributed by atoms with E-state index in [0.717, 1.165) is 24.9 Å². The van der Waals surface area contributed by atoms with Crippen LogP contribution in [0.4, 0.5) is 0 Å². The molecule has 1 aromatic heterocycles. The van der Waals surface area contributed by atoms with Crippen molar-refractivity contribution in [2.24, 2.45) is 5.73 Å². The van der Waals surface area contributed by atoms with Crippen LogP contribution in [0.25, 0.3) is 0 Å². The van der Waals surface area contributed by atoms with Crippen LogP contribution in [0, 0.1) is 0 Å². The van der Waals surface area contributed by atoms with Crippen LogP contribution in [-0.4, -0.2) is 68.1 Å². The average molecular weight is 453 g/mol. The lowest BCUT2D eigenvalue weighted by atomic mass is 10.1. The Balaban J connectivity index is 1.63. The van der Waals surface area contributed by atoms with Crippen molar-refractivity contribution in [1.82, 2.24) is 14.8 Å². The van der Waals surface area contributed by atoms with Crippen molar-refractivity contribution in [3.63, 3.8) is 0 Å². The molecule has 1 aliphatic rings. The van der Waals surface area contributed by atoms with E-state index in [-0.39, 0.29) is 24.0 Å². The number of piperazine rings is 1. The number of hydrogen-bond acceptors (Lipinski definition) is 7. The van der Waals surface area contributed by atoms with Crippen molar-refractivity contribution in [2.75, 3.05) is 39.0 Å². The number of halogens is 1. The minimum atomic E-state index is -3.28. The van der Waals surface area contributed by atoms with Gasteiger partial charge in [0.15, 0.2) is 9.84 Å². The maximum atomic E-state index is 11.7. The average Bonchev–Trinajstić information content (AvgIpc) is 2.73. The van der Waals surface area contributed by atoms with Crippen LogP contribution in [0.5, 0.6) is 5.75 Å². The summed E-state index contributed by atoms with van der Waals surface area (Å²) in [5.41, 5.74) is 7.00. The number of rotatable bonds is 7. The van der Waals surface area contributed by atoms with Crippen molar-refractivity contribution < 1.29 is 17.9 Å². The number of nitrogens with two attached hydrogens (primary N) is 1. The zero-order chi connectivity index (χ0) is 21.7. The highest BCUT2D eigenvalue weighted by Crippen LogP contribution is 2.26. The molecule has 0 bridgehead atoms. The minimum Gasteiger partial charge on any atom is -0.487 e. The minimum absolute atomic E-state index is 0.0316. The van der Waals surface area contributed by atoms with Crippen molar-refractivity contribution >= 4 is 27.3 Å². The molecule has 1 fully saturated rings. The van der Waals surface area contributed by atoms with Crippen LogP contribution in [0.3, 0.4) is 0 Å². The third-order valence-electron chi connectivity index (χ3n) is 4.92. The van der Waals surface area contributed by atoms with Crippen LogP contribution in [0.2, 0.25) is 5.02 Å². The lowest BCUT2D eigenvalue weighted by Gasteiger charge is -2.34. The van der Waals surface area contributed by atoms with Crippen LogP contribution in [0.15, 0.2) is 41.4 Å². The Labute approximate surface area is 181 Å². The second-order valence-corrected chi connectivity index (χ2v) is 9.61. The predicted molar refractivity (Wildman–Crippen MR) is 114 cm³/mol. The van der Waals surface area contributed by atoms with Crippen LogP contribution in [-0.2, 0) is 27.8 Å². The number of nitrogens with zero attached hydrogens (tertiary/aromatic N) is 3. The molecule has 30 heavy (non-hydrogen) atoms. The number of carbonyl (C=O) groups is 1. The van der Waals surface area contributed by atoms with Gasteiger partial charge in [0, 0.05) is 55.8 Å². The second-order valence-electron chi connectivity index (χ2n) is 7.16. The maximum Gasteiger partial charge on any atom is 0.236 e. The summed E-state index contributed by atoms with van der Waals surface area (Å²) in [6, 6.07) is 8.61. The van der Waals surface area contributed by atoms with Crippen LogP contribution in [0.1, 0.15) is 11.3 Å². The fraction of sp³-hybridized carbons (Fsp3) is 0.400. The van der Waals surface area contributed by atoms with Gasteiger partial charge in [0.2, 0.25) is 5.91 Å². The number of carbonyl (C=O) groups excluding carboxylic acids is 1. The molecular formula is C20H25ClN4O4S. The molecule has 2 N–H and O–H groups in total. The Morgan fingerprint density at radius 3 is 2.53 bits per heavy atom. The summed E-state index contributed by atoms with van der Waals surface area (Å²) in [7, 11) is -3.28. The number of pyridine rings is 1. The van der Waals surface area contributed by atoms with Crippen molar-refractivity contribution in [3.05, 3.63) is 52.8 Å². The smallest absolute Gasteiger partial charge is 0.236 e. The van der Waals surface area contributed by atoms with Gasteiger partial charge in [-0.1, -0.05) is 11.6 Å². The number of sulfone groups is 1. The standard InChI is InChI=1S/C20H25ClN4O4S/c1-30(27,28)18-4-3-17(23-12-18)14-29-19-5-2-16(21)10-15(19)13-24-6-8-25(9-7-24)20(26)11-22/h2-5,10,12H,6-9,11,13-14,22H2,1H3. The molecule has 1 amide bonds. The summed E-state index contributed by atoms with van der Waals surface area (Å²) in [5, 5.41) is 0.616. The number of hydrogen-bond donors (Lipinski definition) is 1. The summed E-state index contributed by atoms with van der Waals surface area (Å²) >= 11 is 6.19. The van der Waals surface area contributed by atoms with Gasteiger partial charge in [-0.15, -0.1) is 0 Å². The molecule has 0 saturated carbocycles. The van der Waals surface area contributed by atoms with Crippen molar-refractivity contribution in [1.29, 1.82) is 0 Å². The summed E-state index contributed by atoms with van der Waals surface area (Å²) in [5.74, 6) is 0.657. The molecule has 0 radical (unpaired) electrons. The summed E-state index contributed by atoms with van der Waals surface area (Å²) in [6.07, 6.45) is 2.48. The molecule has 10 heteroatoms.